The third kappa shape index (κ3) is 2.61. The van der Waals surface area contributed by atoms with Gasteiger partial charge in [-0.2, -0.15) is 5.10 Å². The fourth-order valence-corrected chi connectivity index (χ4v) is 1.99. The average Bonchev–Trinajstić information content (AvgIpc) is 2.96. The number of hydrogen-bond acceptors (Lipinski definition) is 5. The molecule has 0 aliphatic rings. The number of nitrogens with one attached hydrogen (secondary N) is 2. The van der Waals surface area contributed by atoms with Crippen molar-refractivity contribution in [1.82, 2.24) is 25.1 Å². The highest BCUT2D eigenvalue weighted by Crippen LogP contribution is 2.20. The van der Waals surface area contributed by atoms with Crippen molar-refractivity contribution in [3.05, 3.63) is 29.8 Å². The van der Waals surface area contributed by atoms with Crippen LogP contribution in [0.15, 0.2) is 18.6 Å². The van der Waals surface area contributed by atoms with Crippen LogP contribution in [-0.4, -0.2) is 39.8 Å². The zero-order valence-electron chi connectivity index (χ0n) is 11.8. The van der Waals surface area contributed by atoms with Crippen molar-refractivity contribution in [2.45, 2.75) is 19.8 Å². The lowest BCUT2D eigenvalue weighted by Crippen LogP contribution is -2.19. The number of anilines is 1. The van der Waals surface area contributed by atoms with E-state index < -0.39 is 0 Å². The van der Waals surface area contributed by atoms with Crippen molar-refractivity contribution in [3.8, 4) is 5.82 Å². The predicted octanol–water partition coefficient (Wildman–Crippen LogP) is 1.02. The average molecular weight is 274 g/mol. The highest BCUT2D eigenvalue weighted by molar-refractivity contribution is 5.91. The van der Waals surface area contributed by atoms with Crippen LogP contribution in [-0.2, 0) is 6.42 Å². The third-order valence-electron chi connectivity index (χ3n) is 2.93. The van der Waals surface area contributed by atoms with Gasteiger partial charge < -0.3 is 10.6 Å². The third-order valence-corrected chi connectivity index (χ3v) is 2.93. The maximum Gasteiger partial charge on any atom is 0.271 e. The summed E-state index contributed by atoms with van der Waals surface area (Å²) in [7, 11) is 3.40. The number of aromatic nitrogens is 4. The van der Waals surface area contributed by atoms with E-state index in [0.29, 0.717) is 11.5 Å². The second kappa shape index (κ2) is 6.14. The first-order chi connectivity index (χ1) is 9.71. The van der Waals surface area contributed by atoms with E-state index in [1.807, 2.05) is 7.05 Å². The zero-order chi connectivity index (χ0) is 14.5. The van der Waals surface area contributed by atoms with Crippen molar-refractivity contribution >= 4 is 11.7 Å². The van der Waals surface area contributed by atoms with E-state index in [-0.39, 0.29) is 5.91 Å². The van der Waals surface area contributed by atoms with E-state index in [0.717, 1.165) is 24.2 Å². The summed E-state index contributed by atoms with van der Waals surface area (Å²) in [5.74, 6) is 1.26. The molecule has 2 aromatic heterocycles. The second-order valence-corrected chi connectivity index (χ2v) is 4.25. The topological polar surface area (TPSA) is 84.7 Å². The number of carbonyl (C=O) groups is 1. The lowest BCUT2D eigenvalue weighted by atomic mass is 10.1. The maximum atomic E-state index is 11.6. The molecular weight excluding hydrogens is 256 g/mol. The Hall–Kier alpha value is -2.44. The van der Waals surface area contributed by atoms with Crippen LogP contribution in [0.4, 0.5) is 5.82 Å². The van der Waals surface area contributed by atoms with E-state index >= 15 is 0 Å². The first kappa shape index (κ1) is 14.0. The number of hydrogen-bond donors (Lipinski definition) is 2. The number of nitrogens with zero attached hydrogens (tertiary/aromatic N) is 4. The van der Waals surface area contributed by atoms with Gasteiger partial charge >= 0.3 is 0 Å². The molecule has 0 saturated carbocycles. The van der Waals surface area contributed by atoms with E-state index in [2.05, 4.69) is 32.6 Å². The summed E-state index contributed by atoms with van der Waals surface area (Å²) in [5.41, 5.74) is 1.35. The summed E-state index contributed by atoms with van der Waals surface area (Å²) in [4.78, 5) is 20.1. The van der Waals surface area contributed by atoms with Crippen LogP contribution in [0.1, 0.15) is 29.4 Å². The van der Waals surface area contributed by atoms with E-state index in [4.69, 9.17) is 0 Å². The summed E-state index contributed by atoms with van der Waals surface area (Å²) in [6.07, 6.45) is 5.02. The molecule has 0 atom stereocenters. The molecule has 0 aliphatic carbocycles. The van der Waals surface area contributed by atoms with Gasteiger partial charge in [-0.15, -0.1) is 0 Å². The lowest BCUT2D eigenvalue weighted by Gasteiger charge is -2.11. The van der Waals surface area contributed by atoms with Gasteiger partial charge in [0.05, 0.1) is 0 Å². The molecule has 2 rings (SSSR count). The summed E-state index contributed by atoms with van der Waals surface area (Å²) in [6, 6.07) is 1.66. The first-order valence-electron chi connectivity index (χ1n) is 6.51. The zero-order valence-corrected chi connectivity index (χ0v) is 11.8. The molecule has 0 aliphatic heterocycles. The molecule has 7 heteroatoms. The Morgan fingerprint density at radius 3 is 2.80 bits per heavy atom. The molecule has 2 heterocycles. The Balaban J connectivity index is 2.46. The van der Waals surface area contributed by atoms with Crippen molar-refractivity contribution in [3.63, 3.8) is 0 Å². The van der Waals surface area contributed by atoms with Crippen LogP contribution in [0.2, 0.25) is 0 Å². The first-order valence-corrected chi connectivity index (χ1v) is 6.51. The fraction of sp³-hybridized carbons (Fsp3) is 0.385. The predicted molar refractivity (Wildman–Crippen MR) is 76.1 cm³/mol. The lowest BCUT2D eigenvalue weighted by molar-refractivity contribution is 0.0957. The molecule has 106 valence electrons. The van der Waals surface area contributed by atoms with Crippen LogP contribution in [0.5, 0.6) is 0 Å². The highest BCUT2D eigenvalue weighted by Gasteiger charge is 2.14. The Kier molecular flexibility index (Phi) is 4.29. The normalized spacial score (nSPS) is 10.3. The van der Waals surface area contributed by atoms with Gasteiger partial charge in [-0.25, -0.2) is 14.6 Å². The molecule has 2 aromatic rings. The molecule has 0 radical (unpaired) electrons. The molecule has 2 N–H and O–H groups in total. The molecule has 0 fully saturated rings. The van der Waals surface area contributed by atoms with Gasteiger partial charge in [-0.3, -0.25) is 4.79 Å². The number of rotatable bonds is 5. The minimum absolute atomic E-state index is 0.219. The SMILES string of the molecule is CCCc1c(NC)ncnc1-n1ccc(C(=O)NC)n1. The van der Waals surface area contributed by atoms with Crippen molar-refractivity contribution in [1.29, 1.82) is 0 Å². The summed E-state index contributed by atoms with van der Waals surface area (Å²) >= 11 is 0. The maximum absolute atomic E-state index is 11.6. The molecule has 0 spiro atoms. The molecule has 0 saturated heterocycles. The standard InChI is InChI=1S/C13H18N6O/c1-4-5-9-11(14-2)16-8-17-12(9)19-7-6-10(18-19)13(20)15-3/h6-8H,4-5H2,1-3H3,(H,15,20)(H,14,16,17). The summed E-state index contributed by atoms with van der Waals surface area (Å²) in [6.45, 7) is 2.09. The van der Waals surface area contributed by atoms with Crippen molar-refractivity contribution in [2.24, 2.45) is 0 Å². The van der Waals surface area contributed by atoms with Gasteiger partial charge in [-0.1, -0.05) is 13.3 Å². The van der Waals surface area contributed by atoms with Gasteiger partial charge in [0.1, 0.15) is 12.1 Å². The van der Waals surface area contributed by atoms with Crippen molar-refractivity contribution < 1.29 is 4.79 Å². The summed E-state index contributed by atoms with van der Waals surface area (Å²) in [5, 5.41) is 9.86. The molecule has 0 unspecified atom stereocenters. The molecular formula is C13H18N6O. The van der Waals surface area contributed by atoms with E-state index in [9.17, 15) is 4.79 Å². The number of amides is 1. The van der Waals surface area contributed by atoms with E-state index in [1.54, 1.807) is 24.0 Å². The Morgan fingerprint density at radius 2 is 2.15 bits per heavy atom. The molecule has 0 aromatic carbocycles. The second-order valence-electron chi connectivity index (χ2n) is 4.25. The van der Waals surface area contributed by atoms with Gasteiger partial charge in [0, 0.05) is 25.9 Å². The summed E-state index contributed by atoms with van der Waals surface area (Å²) < 4.78 is 1.61. The fourth-order valence-electron chi connectivity index (χ4n) is 1.99. The van der Waals surface area contributed by atoms with Crippen LogP contribution in [0.25, 0.3) is 5.82 Å². The molecule has 20 heavy (non-hydrogen) atoms. The molecule has 1 amide bonds. The van der Waals surface area contributed by atoms with Gasteiger partial charge in [0.2, 0.25) is 0 Å². The van der Waals surface area contributed by atoms with Gasteiger partial charge in [0.15, 0.2) is 11.5 Å². The van der Waals surface area contributed by atoms with Gasteiger partial charge in [0.25, 0.3) is 5.91 Å². The quantitative estimate of drug-likeness (QED) is 0.850. The Labute approximate surface area is 117 Å². The highest BCUT2D eigenvalue weighted by atomic mass is 16.1. The van der Waals surface area contributed by atoms with Gasteiger partial charge in [-0.05, 0) is 12.5 Å². The number of carbonyl (C=O) groups excluding carboxylic acids is 1. The Morgan fingerprint density at radius 1 is 1.35 bits per heavy atom. The largest absolute Gasteiger partial charge is 0.373 e. The minimum atomic E-state index is -0.219. The van der Waals surface area contributed by atoms with Crippen LogP contribution in [0, 0.1) is 0 Å². The molecule has 0 bridgehead atoms. The van der Waals surface area contributed by atoms with Crippen LogP contribution in [0.3, 0.4) is 0 Å². The minimum Gasteiger partial charge on any atom is -0.373 e. The Bertz CT molecular complexity index is 607. The van der Waals surface area contributed by atoms with Crippen molar-refractivity contribution in [2.75, 3.05) is 19.4 Å². The van der Waals surface area contributed by atoms with E-state index in [1.165, 1.54) is 6.33 Å². The monoisotopic (exact) mass is 274 g/mol. The molecule has 7 nitrogen and oxygen atoms in total. The van der Waals surface area contributed by atoms with Crippen LogP contribution < -0.4 is 10.6 Å². The van der Waals surface area contributed by atoms with Crippen LogP contribution >= 0.6 is 0 Å². The smallest absolute Gasteiger partial charge is 0.271 e.